The minimum atomic E-state index is -0.328. The van der Waals surface area contributed by atoms with Crippen molar-refractivity contribution in [2.45, 2.75) is 25.3 Å². The van der Waals surface area contributed by atoms with Crippen LogP contribution in [0.1, 0.15) is 35.8 Å². The third kappa shape index (κ3) is 4.13. The summed E-state index contributed by atoms with van der Waals surface area (Å²) in [7, 11) is 0. The van der Waals surface area contributed by atoms with E-state index in [2.05, 4.69) is 22.8 Å². The number of hydrogen-bond donors (Lipinski definition) is 2. The molecule has 0 radical (unpaired) electrons. The van der Waals surface area contributed by atoms with E-state index in [0.29, 0.717) is 5.76 Å². The molecule has 0 saturated carbocycles. The lowest BCUT2D eigenvalue weighted by Crippen LogP contribution is -2.39. The van der Waals surface area contributed by atoms with E-state index in [9.17, 15) is 9.59 Å². The zero-order chi connectivity index (χ0) is 16.8. The third-order valence-electron chi connectivity index (χ3n) is 4.07. The standard InChI is InChI=1S/C19H20N2O3/c22-18(11-10-15-7-4-12-24-15)20-13-19(23)21-17-9-3-6-14-5-1-2-8-16(14)17/h1-2,4-5,7-8,10-12,17H,3,6,9,13H2,(H,20,22)(H,21,23). The number of fused-ring (bicyclic) bond motifs is 1. The number of benzene rings is 1. The van der Waals surface area contributed by atoms with Crippen molar-refractivity contribution in [3.05, 3.63) is 65.6 Å². The van der Waals surface area contributed by atoms with Crippen LogP contribution in [0.4, 0.5) is 0 Å². The van der Waals surface area contributed by atoms with Gasteiger partial charge in [-0.3, -0.25) is 9.59 Å². The molecule has 0 bridgehead atoms. The van der Waals surface area contributed by atoms with E-state index in [-0.39, 0.29) is 24.4 Å². The first-order chi connectivity index (χ1) is 11.7. The largest absolute Gasteiger partial charge is 0.465 e. The molecule has 1 atom stereocenters. The van der Waals surface area contributed by atoms with E-state index >= 15 is 0 Å². The normalized spacial score (nSPS) is 16.6. The fourth-order valence-corrected chi connectivity index (χ4v) is 2.92. The van der Waals surface area contributed by atoms with Gasteiger partial charge in [-0.05, 0) is 48.6 Å². The van der Waals surface area contributed by atoms with Gasteiger partial charge in [0.05, 0.1) is 18.8 Å². The van der Waals surface area contributed by atoms with E-state index in [0.717, 1.165) is 19.3 Å². The van der Waals surface area contributed by atoms with Gasteiger partial charge in [-0.15, -0.1) is 0 Å². The van der Waals surface area contributed by atoms with Crippen LogP contribution in [0.3, 0.4) is 0 Å². The number of rotatable bonds is 5. The molecule has 1 aromatic carbocycles. The molecule has 0 spiro atoms. The number of furan rings is 1. The number of carbonyl (C=O) groups is 2. The molecule has 1 unspecified atom stereocenters. The van der Waals surface area contributed by atoms with Gasteiger partial charge in [-0.25, -0.2) is 0 Å². The Bertz CT molecular complexity index is 735. The maximum atomic E-state index is 12.1. The van der Waals surface area contributed by atoms with Crippen molar-refractivity contribution in [2.75, 3.05) is 6.54 Å². The zero-order valence-electron chi connectivity index (χ0n) is 13.3. The van der Waals surface area contributed by atoms with Crippen molar-refractivity contribution in [3.8, 4) is 0 Å². The fraction of sp³-hybridized carbons (Fsp3) is 0.263. The molecule has 0 fully saturated rings. The molecule has 124 valence electrons. The minimum absolute atomic E-state index is 0.0259. The fourth-order valence-electron chi connectivity index (χ4n) is 2.92. The number of nitrogens with one attached hydrogen (secondary N) is 2. The monoisotopic (exact) mass is 324 g/mol. The van der Waals surface area contributed by atoms with Crippen LogP contribution in [0.5, 0.6) is 0 Å². The molecular formula is C19H20N2O3. The summed E-state index contributed by atoms with van der Waals surface area (Å²) in [6, 6.07) is 11.7. The van der Waals surface area contributed by atoms with Crippen molar-refractivity contribution in [1.29, 1.82) is 0 Å². The molecule has 1 aliphatic carbocycles. The maximum Gasteiger partial charge on any atom is 0.244 e. The maximum absolute atomic E-state index is 12.1. The summed E-state index contributed by atoms with van der Waals surface area (Å²) in [5, 5.41) is 5.58. The second kappa shape index (κ2) is 7.64. The Morgan fingerprint density at radius 2 is 2.08 bits per heavy atom. The van der Waals surface area contributed by atoms with Crippen LogP contribution >= 0.6 is 0 Å². The van der Waals surface area contributed by atoms with E-state index < -0.39 is 0 Å². The molecule has 24 heavy (non-hydrogen) atoms. The van der Waals surface area contributed by atoms with Gasteiger partial charge in [0, 0.05) is 6.08 Å². The molecule has 3 rings (SSSR count). The Morgan fingerprint density at radius 3 is 2.92 bits per heavy atom. The first-order valence-electron chi connectivity index (χ1n) is 8.09. The molecule has 2 N–H and O–H groups in total. The Kier molecular flexibility index (Phi) is 5.11. The average Bonchev–Trinajstić information content (AvgIpc) is 3.12. The van der Waals surface area contributed by atoms with Crippen molar-refractivity contribution < 1.29 is 14.0 Å². The molecule has 1 aromatic heterocycles. The highest BCUT2D eigenvalue weighted by Crippen LogP contribution is 2.29. The second-order valence-corrected chi connectivity index (χ2v) is 5.78. The lowest BCUT2D eigenvalue weighted by molar-refractivity contribution is -0.124. The molecule has 5 nitrogen and oxygen atoms in total. The lowest BCUT2D eigenvalue weighted by atomic mass is 9.88. The Labute approximate surface area is 140 Å². The summed E-state index contributed by atoms with van der Waals surface area (Å²) >= 11 is 0. The molecule has 1 heterocycles. The van der Waals surface area contributed by atoms with E-state index in [1.54, 1.807) is 18.2 Å². The van der Waals surface area contributed by atoms with Crippen LogP contribution in [0.15, 0.2) is 53.2 Å². The van der Waals surface area contributed by atoms with Crippen LogP contribution in [0, 0.1) is 0 Å². The van der Waals surface area contributed by atoms with Crippen molar-refractivity contribution in [2.24, 2.45) is 0 Å². The van der Waals surface area contributed by atoms with Crippen LogP contribution in [0.25, 0.3) is 6.08 Å². The van der Waals surface area contributed by atoms with Crippen LogP contribution in [-0.4, -0.2) is 18.4 Å². The zero-order valence-corrected chi connectivity index (χ0v) is 13.3. The van der Waals surface area contributed by atoms with Crippen molar-refractivity contribution >= 4 is 17.9 Å². The van der Waals surface area contributed by atoms with Gasteiger partial charge in [-0.2, -0.15) is 0 Å². The topological polar surface area (TPSA) is 71.3 Å². The number of amides is 2. The number of carbonyl (C=O) groups excluding carboxylic acids is 2. The smallest absolute Gasteiger partial charge is 0.244 e. The van der Waals surface area contributed by atoms with Gasteiger partial charge in [0.1, 0.15) is 5.76 Å². The highest BCUT2D eigenvalue weighted by molar-refractivity contribution is 5.94. The summed E-state index contributed by atoms with van der Waals surface area (Å²) in [5.41, 5.74) is 2.47. The first kappa shape index (κ1) is 16.1. The second-order valence-electron chi connectivity index (χ2n) is 5.78. The average molecular weight is 324 g/mol. The molecule has 0 saturated heterocycles. The predicted octanol–water partition coefficient (Wildman–Crippen LogP) is 2.60. The van der Waals surface area contributed by atoms with Crippen molar-refractivity contribution in [1.82, 2.24) is 10.6 Å². The molecule has 2 aromatic rings. The van der Waals surface area contributed by atoms with Crippen LogP contribution in [-0.2, 0) is 16.0 Å². The van der Waals surface area contributed by atoms with Gasteiger partial charge < -0.3 is 15.1 Å². The minimum Gasteiger partial charge on any atom is -0.465 e. The third-order valence-corrected chi connectivity index (χ3v) is 4.07. The molecule has 5 heteroatoms. The van der Waals surface area contributed by atoms with Gasteiger partial charge in [0.15, 0.2) is 0 Å². The summed E-state index contributed by atoms with van der Waals surface area (Å²) in [6.45, 7) is -0.0417. The van der Waals surface area contributed by atoms with E-state index in [4.69, 9.17) is 4.42 Å². The number of hydrogen-bond acceptors (Lipinski definition) is 3. The first-order valence-corrected chi connectivity index (χ1v) is 8.09. The molecule has 2 amide bonds. The highest BCUT2D eigenvalue weighted by Gasteiger charge is 2.21. The van der Waals surface area contributed by atoms with Crippen molar-refractivity contribution in [3.63, 3.8) is 0 Å². The Morgan fingerprint density at radius 1 is 1.21 bits per heavy atom. The van der Waals surface area contributed by atoms with Crippen LogP contribution in [0.2, 0.25) is 0 Å². The highest BCUT2D eigenvalue weighted by atomic mass is 16.3. The van der Waals surface area contributed by atoms with E-state index in [1.165, 1.54) is 23.5 Å². The van der Waals surface area contributed by atoms with E-state index in [1.807, 2.05) is 12.1 Å². The quantitative estimate of drug-likeness (QED) is 0.831. The lowest BCUT2D eigenvalue weighted by Gasteiger charge is -2.26. The van der Waals surface area contributed by atoms with Crippen LogP contribution < -0.4 is 10.6 Å². The Balaban J connectivity index is 1.49. The van der Waals surface area contributed by atoms with Gasteiger partial charge >= 0.3 is 0 Å². The SMILES string of the molecule is O=C(C=Cc1ccco1)NCC(=O)NC1CCCc2ccccc21. The molecule has 0 aliphatic heterocycles. The molecule has 1 aliphatic rings. The van der Waals surface area contributed by atoms with Gasteiger partial charge in [0.2, 0.25) is 11.8 Å². The van der Waals surface area contributed by atoms with Gasteiger partial charge in [-0.1, -0.05) is 24.3 Å². The summed E-state index contributed by atoms with van der Waals surface area (Å²) in [6.07, 6.45) is 7.48. The summed E-state index contributed by atoms with van der Waals surface area (Å²) in [4.78, 5) is 23.8. The summed E-state index contributed by atoms with van der Waals surface area (Å²) in [5.74, 6) is 0.0791. The summed E-state index contributed by atoms with van der Waals surface area (Å²) < 4.78 is 5.10. The van der Waals surface area contributed by atoms with Gasteiger partial charge in [0.25, 0.3) is 0 Å². The number of aryl methyl sites for hydroxylation is 1. The molecular weight excluding hydrogens is 304 g/mol. The predicted molar refractivity (Wildman–Crippen MR) is 91.0 cm³/mol. The Hall–Kier alpha value is -2.82.